The van der Waals surface area contributed by atoms with Gasteiger partial charge in [-0.1, -0.05) is 19.4 Å². The van der Waals surface area contributed by atoms with Crippen molar-refractivity contribution in [3.8, 4) is 0 Å². The summed E-state index contributed by atoms with van der Waals surface area (Å²) in [4.78, 5) is 15.7. The second-order valence-electron chi connectivity index (χ2n) is 4.48. The summed E-state index contributed by atoms with van der Waals surface area (Å²) in [6, 6.07) is 3.79. The number of hydrogen-bond donors (Lipinski definition) is 2. The Morgan fingerprint density at radius 3 is 2.76 bits per heavy atom. The minimum atomic E-state index is -0.881. The number of nitrogens with two attached hydrogens (primary N) is 1. The number of carboxylic acids is 1. The van der Waals surface area contributed by atoms with Crippen molar-refractivity contribution < 1.29 is 9.90 Å². The molecule has 0 aliphatic carbocycles. The van der Waals surface area contributed by atoms with Crippen LogP contribution in [0.1, 0.15) is 31.0 Å². The lowest BCUT2D eigenvalue weighted by Gasteiger charge is -2.27. The zero-order valence-electron chi connectivity index (χ0n) is 10.4. The third-order valence-electron chi connectivity index (χ3n) is 3.20. The Morgan fingerprint density at radius 2 is 2.29 bits per heavy atom. The third kappa shape index (κ3) is 3.03. The summed E-state index contributed by atoms with van der Waals surface area (Å²) in [7, 11) is 0. The van der Waals surface area contributed by atoms with Crippen LogP contribution in [0.3, 0.4) is 0 Å². The highest BCUT2D eigenvalue weighted by Crippen LogP contribution is 2.28. The first-order valence-corrected chi connectivity index (χ1v) is 5.89. The summed E-state index contributed by atoms with van der Waals surface area (Å²) in [5.74, 6) is -0.827. The van der Waals surface area contributed by atoms with Gasteiger partial charge in [0.2, 0.25) is 0 Å². The number of pyridine rings is 1. The molecule has 0 saturated heterocycles. The van der Waals surface area contributed by atoms with Crippen LogP contribution in [0, 0.1) is 12.3 Å². The molecule has 0 aliphatic rings. The summed E-state index contributed by atoms with van der Waals surface area (Å²) in [5.41, 5.74) is 6.65. The van der Waals surface area contributed by atoms with E-state index in [2.05, 4.69) is 4.98 Å². The fourth-order valence-corrected chi connectivity index (χ4v) is 2.04. The summed E-state index contributed by atoms with van der Waals surface area (Å²) >= 11 is 0. The van der Waals surface area contributed by atoms with E-state index in [0.717, 1.165) is 17.7 Å². The lowest BCUT2D eigenvalue weighted by molar-refractivity contribution is -0.148. The lowest BCUT2D eigenvalue weighted by atomic mass is 9.78. The lowest BCUT2D eigenvalue weighted by Crippen LogP contribution is -2.41. The van der Waals surface area contributed by atoms with Gasteiger partial charge in [-0.25, -0.2) is 0 Å². The van der Waals surface area contributed by atoms with Crippen molar-refractivity contribution in [3.05, 3.63) is 29.6 Å². The van der Waals surface area contributed by atoms with Crippen LogP contribution in [-0.4, -0.2) is 22.6 Å². The number of aromatic nitrogens is 1. The van der Waals surface area contributed by atoms with E-state index in [0.29, 0.717) is 12.8 Å². The Morgan fingerprint density at radius 1 is 1.59 bits per heavy atom. The standard InChI is InChI=1S/C13H20N2O2/c1-3-6-13(9-14,12(16)17)8-11-10(2)5-4-7-15-11/h4-5,7H,3,6,8-9,14H2,1-2H3,(H,16,17). The molecule has 0 bridgehead atoms. The monoisotopic (exact) mass is 236 g/mol. The molecule has 94 valence electrons. The van der Waals surface area contributed by atoms with Gasteiger partial charge in [0.15, 0.2) is 0 Å². The van der Waals surface area contributed by atoms with E-state index in [1.54, 1.807) is 6.20 Å². The molecule has 4 nitrogen and oxygen atoms in total. The first kappa shape index (κ1) is 13.6. The molecule has 0 amide bonds. The second kappa shape index (κ2) is 5.77. The summed E-state index contributed by atoms with van der Waals surface area (Å²) in [6.45, 7) is 4.06. The van der Waals surface area contributed by atoms with Gasteiger partial charge in [0.05, 0.1) is 5.41 Å². The summed E-state index contributed by atoms with van der Waals surface area (Å²) in [5, 5.41) is 9.40. The molecule has 0 aliphatic heterocycles. The molecule has 1 rings (SSSR count). The van der Waals surface area contributed by atoms with E-state index in [1.165, 1.54) is 0 Å². The Bertz CT molecular complexity index is 393. The van der Waals surface area contributed by atoms with Crippen molar-refractivity contribution in [2.45, 2.75) is 33.1 Å². The highest BCUT2D eigenvalue weighted by molar-refractivity contribution is 5.75. The molecule has 0 saturated carbocycles. The first-order chi connectivity index (χ1) is 8.05. The molecule has 0 radical (unpaired) electrons. The maximum atomic E-state index is 11.5. The number of carbonyl (C=O) groups is 1. The van der Waals surface area contributed by atoms with Crippen LogP contribution in [0.25, 0.3) is 0 Å². The fraction of sp³-hybridized carbons (Fsp3) is 0.538. The van der Waals surface area contributed by atoms with E-state index < -0.39 is 11.4 Å². The predicted octanol–water partition coefficient (Wildman–Crippen LogP) is 1.76. The number of rotatable bonds is 6. The van der Waals surface area contributed by atoms with Crippen molar-refractivity contribution in [3.63, 3.8) is 0 Å². The summed E-state index contributed by atoms with van der Waals surface area (Å²) < 4.78 is 0. The van der Waals surface area contributed by atoms with Gasteiger partial charge in [0, 0.05) is 24.9 Å². The van der Waals surface area contributed by atoms with Crippen LogP contribution in [0.5, 0.6) is 0 Å². The number of aryl methyl sites for hydroxylation is 1. The molecule has 0 spiro atoms. The average Bonchev–Trinajstić information content (AvgIpc) is 2.31. The quantitative estimate of drug-likeness (QED) is 0.789. The summed E-state index contributed by atoms with van der Waals surface area (Å²) in [6.07, 6.45) is 3.47. The smallest absolute Gasteiger partial charge is 0.311 e. The van der Waals surface area contributed by atoms with Crippen molar-refractivity contribution in [2.75, 3.05) is 6.54 Å². The minimum absolute atomic E-state index is 0.145. The molecule has 1 aromatic heterocycles. The van der Waals surface area contributed by atoms with Crippen molar-refractivity contribution in [1.82, 2.24) is 4.98 Å². The average molecular weight is 236 g/mol. The second-order valence-corrected chi connectivity index (χ2v) is 4.48. The van der Waals surface area contributed by atoms with Gasteiger partial charge >= 0.3 is 5.97 Å². The fourth-order valence-electron chi connectivity index (χ4n) is 2.04. The molecule has 4 heteroatoms. The Hall–Kier alpha value is -1.42. The molecule has 0 aromatic carbocycles. The van der Waals surface area contributed by atoms with Crippen LogP contribution < -0.4 is 5.73 Å². The molecular formula is C13H20N2O2. The zero-order valence-corrected chi connectivity index (χ0v) is 10.4. The maximum Gasteiger partial charge on any atom is 0.311 e. The van der Waals surface area contributed by atoms with Gasteiger partial charge < -0.3 is 10.8 Å². The van der Waals surface area contributed by atoms with Crippen LogP contribution in [0.15, 0.2) is 18.3 Å². The van der Waals surface area contributed by atoms with Gasteiger partial charge in [-0.2, -0.15) is 0 Å². The molecule has 1 unspecified atom stereocenters. The maximum absolute atomic E-state index is 11.5. The number of aliphatic carboxylic acids is 1. The third-order valence-corrected chi connectivity index (χ3v) is 3.20. The van der Waals surface area contributed by atoms with Crippen molar-refractivity contribution in [2.24, 2.45) is 11.1 Å². The van der Waals surface area contributed by atoms with Gasteiger partial charge in [-0.05, 0) is 25.0 Å². The van der Waals surface area contributed by atoms with E-state index >= 15 is 0 Å². The highest BCUT2D eigenvalue weighted by Gasteiger charge is 2.37. The van der Waals surface area contributed by atoms with Crippen molar-refractivity contribution >= 4 is 5.97 Å². The van der Waals surface area contributed by atoms with E-state index in [1.807, 2.05) is 26.0 Å². The van der Waals surface area contributed by atoms with Crippen LogP contribution >= 0.6 is 0 Å². The number of carboxylic acid groups (broad SMARTS) is 1. The molecule has 1 atom stereocenters. The van der Waals surface area contributed by atoms with Crippen LogP contribution in [0.2, 0.25) is 0 Å². The van der Waals surface area contributed by atoms with Crippen LogP contribution in [-0.2, 0) is 11.2 Å². The van der Waals surface area contributed by atoms with Crippen molar-refractivity contribution in [1.29, 1.82) is 0 Å². The Labute approximate surface area is 102 Å². The molecule has 17 heavy (non-hydrogen) atoms. The molecule has 3 N–H and O–H groups in total. The van der Waals surface area contributed by atoms with Gasteiger partial charge in [-0.3, -0.25) is 9.78 Å². The topological polar surface area (TPSA) is 76.2 Å². The Balaban J connectivity index is 3.01. The normalized spacial score (nSPS) is 14.3. The van der Waals surface area contributed by atoms with Gasteiger partial charge in [0.1, 0.15) is 0 Å². The first-order valence-electron chi connectivity index (χ1n) is 5.89. The van der Waals surface area contributed by atoms with Gasteiger partial charge in [-0.15, -0.1) is 0 Å². The largest absolute Gasteiger partial charge is 0.481 e. The SMILES string of the molecule is CCCC(CN)(Cc1ncccc1C)C(=O)O. The van der Waals surface area contributed by atoms with Gasteiger partial charge in [0.25, 0.3) is 0 Å². The molecular weight excluding hydrogens is 216 g/mol. The number of nitrogens with zero attached hydrogens (tertiary/aromatic N) is 1. The highest BCUT2D eigenvalue weighted by atomic mass is 16.4. The minimum Gasteiger partial charge on any atom is -0.481 e. The molecule has 1 aromatic rings. The molecule has 1 heterocycles. The van der Waals surface area contributed by atoms with E-state index in [4.69, 9.17) is 5.73 Å². The number of hydrogen-bond acceptors (Lipinski definition) is 3. The molecule has 0 fully saturated rings. The van der Waals surface area contributed by atoms with Crippen LogP contribution in [0.4, 0.5) is 0 Å². The van der Waals surface area contributed by atoms with E-state index in [9.17, 15) is 9.90 Å². The zero-order chi connectivity index (χ0) is 12.9. The van der Waals surface area contributed by atoms with E-state index in [-0.39, 0.29) is 6.54 Å². The Kier molecular flexibility index (Phi) is 4.63. The predicted molar refractivity (Wildman–Crippen MR) is 66.7 cm³/mol.